The van der Waals surface area contributed by atoms with Crippen LogP contribution in [0.4, 0.5) is 0 Å². The first kappa shape index (κ1) is 22.9. The highest BCUT2D eigenvalue weighted by molar-refractivity contribution is 5.79. The third-order valence-electron chi connectivity index (χ3n) is 5.21. The fourth-order valence-electron chi connectivity index (χ4n) is 3.69. The van der Waals surface area contributed by atoms with E-state index in [1.807, 2.05) is 25.3 Å². The highest BCUT2D eigenvalue weighted by atomic mass is 16.5. The lowest BCUT2D eigenvalue weighted by atomic mass is 10.1. The maximum Gasteiger partial charge on any atom is 0.345 e. The predicted octanol–water partition coefficient (Wildman–Crippen LogP) is 2.62. The van der Waals surface area contributed by atoms with E-state index >= 15 is 0 Å². The highest BCUT2D eigenvalue weighted by Crippen LogP contribution is 2.22. The molecule has 0 radical (unpaired) electrons. The SMILES string of the molecule is CCNC(=NCc1ccc(C)cc1OC(C)C)NCCCn1nc2n(c1=O)CCCC2. The van der Waals surface area contributed by atoms with Gasteiger partial charge in [0.15, 0.2) is 5.96 Å². The first-order valence-corrected chi connectivity index (χ1v) is 11.4. The molecule has 0 fully saturated rings. The molecule has 3 rings (SSSR count). The molecule has 170 valence electrons. The molecule has 0 spiro atoms. The van der Waals surface area contributed by atoms with Crippen molar-refractivity contribution in [3.05, 3.63) is 45.6 Å². The summed E-state index contributed by atoms with van der Waals surface area (Å²) < 4.78 is 9.39. The fraction of sp³-hybridized carbons (Fsp3) is 0.609. The zero-order chi connectivity index (χ0) is 22.2. The largest absolute Gasteiger partial charge is 0.491 e. The third-order valence-corrected chi connectivity index (χ3v) is 5.21. The topological polar surface area (TPSA) is 85.5 Å². The smallest absolute Gasteiger partial charge is 0.345 e. The van der Waals surface area contributed by atoms with Gasteiger partial charge < -0.3 is 15.4 Å². The molecule has 0 unspecified atom stereocenters. The second-order valence-corrected chi connectivity index (χ2v) is 8.28. The van der Waals surface area contributed by atoms with Crippen LogP contribution in [0, 0.1) is 6.92 Å². The van der Waals surface area contributed by atoms with Crippen LogP contribution in [0.2, 0.25) is 0 Å². The van der Waals surface area contributed by atoms with Crippen LogP contribution in [0.15, 0.2) is 28.0 Å². The summed E-state index contributed by atoms with van der Waals surface area (Å²) in [4.78, 5) is 17.2. The lowest BCUT2D eigenvalue weighted by molar-refractivity contribution is 0.240. The van der Waals surface area contributed by atoms with Gasteiger partial charge in [-0.2, -0.15) is 5.10 Å². The maximum absolute atomic E-state index is 12.4. The Labute approximate surface area is 184 Å². The van der Waals surface area contributed by atoms with Crippen molar-refractivity contribution in [2.24, 2.45) is 4.99 Å². The molecule has 8 heteroatoms. The van der Waals surface area contributed by atoms with E-state index in [2.05, 4.69) is 40.9 Å². The van der Waals surface area contributed by atoms with E-state index in [0.717, 1.165) is 61.9 Å². The number of ether oxygens (including phenoxy) is 1. The Morgan fingerprint density at radius 3 is 2.87 bits per heavy atom. The molecule has 1 aromatic heterocycles. The van der Waals surface area contributed by atoms with E-state index in [4.69, 9.17) is 9.73 Å². The number of hydrogen-bond donors (Lipinski definition) is 2. The van der Waals surface area contributed by atoms with Crippen LogP contribution in [-0.2, 0) is 26.1 Å². The van der Waals surface area contributed by atoms with Crippen molar-refractivity contribution in [3.8, 4) is 5.75 Å². The van der Waals surface area contributed by atoms with E-state index < -0.39 is 0 Å². The van der Waals surface area contributed by atoms with Crippen LogP contribution >= 0.6 is 0 Å². The van der Waals surface area contributed by atoms with Crippen molar-refractivity contribution < 1.29 is 4.74 Å². The Morgan fingerprint density at radius 1 is 1.29 bits per heavy atom. The molecule has 2 heterocycles. The molecule has 0 atom stereocenters. The molecule has 0 bridgehead atoms. The second-order valence-electron chi connectivity index (χ2n) is 8.28. The Bertz CT molecular complexity index is 944. The van der Waals surface area contributed by atoms with E-state index in [1.165, 1.54) is 5.56 Å². The zero-order valence-electron chi connectivity index (χ0n) is 19.3. The number of aromatic nitrogens is 3. The summed E-state index contributed by atoms with van der Waals surface area (Å²) >= 11 is 0. The van der Waals surface area contributed by atoms with Crippen molar-refractivity contribution >= 4 is 5.96 Å². The standard InChI is InChI=1S/C23H36N6O2/c1-5-24-22(26-16-19-11-10-18(4)15-20(19)31-17(2)3)25-12-8-14-29-23(30)28-13-7-6-9-21(28)27-29/h10-11,15,17H,5-9,12-14,16H2,1-4H3,(H2,24,25,26). The van der Waals surface area contributed by atoms with Gasteiger partial charge in [-0.1, -0.05) is 12.1 Å². The van der Waals surface area contributed by atoms with E-state index in [9.17, 15) is 4.79 Å². The molecule has 2 aromatic rings. The zero-order valence-corrected chi connectivity index (χ0v) is 19.3. The molecule has 0 aliphatic carbocycles. The number of aliphatic imine (C=N–C) groups is 1. The van der Waals surface area contributed by atoms with E-state index in [1.54, 1.807) is 4.68 Å². The first-order chi connectivity index (χ1) is 15.0. The Hall–Kier alpha value is -2.77. The molecule has 1 aliphatic rings. The van der Waals surface area contributed by atoms with Crippen molar-refractivity contribution in [1.82, 2.24) is 25.0 Å². The van der Waals surface area contributed by atoms with Crippen LogP contribution < -0.4 is 21.1 Å². The van der Waals surface area contributed by atoms with Gasteiger partial charge in [-0.25, -0.2) is 14.5 Å². The van der Waals surface area contributed by atoms with Crippen LogP contribution in [0.25, 0.3) is 0 Å². The number of fused-ring (bicyclic) bond motifs is 1. The number of rotatable bonds is 9. The van der Waals surface area contributed by atoms with E-state index in [0.29, 0.717) is 19.6 Å². The summed E-state index contributed by atoms with van der Waals surface area (Å²) in [7, 11) is 0. The van der Waals surface area contributed by atoms with Crippen molar-refractivity contribution in [1.29, 1.82) is 0 Å². The molecule has 1 aliphatic heterocycles. The summed E-state index contributed by atoms with van der Waals surface area (Å²) in [6, 6.07) is 6.22. The third kappa shape index (κ3) is 6.35. The lowest BCUT2D eigenvalue weighted by Crippen LogP contribution is -2.38. The summed E-state index contributed by atoms with van der Waals surface area (Å²) in [5.74, 6) is 2.57. The first-order valence-electron chi connectivity index (χ1n) is 11.4. The van der Waals surface area contributed by atoms with Crippen molar-refractivity contribution in [3.63, 3.8) is 0 Å². The molecular weight excluding hydrogens is 392 g/mol. The van der Waals surface area contributed by atoms with Gasteiger partial charge in [0.05, 0.1) is 12.6 Å². The van der Waals surface area contributed by atoms with Gasteiger partial charge >= 0.3 is 5.69 Å². The Kier molecular flexibility index (Phi) is 8.14. The van der Waals surface area contributed by atoms with Gasteiger partial charge in [0.1, 0.15) is 11.6 Å². The monoisotopic (exact) mass is 428 g/mol. The van der Waals surface area contributed by atoms with Gasteiger partial charge in [-0.15, -0.1) is 0 Å². The van der Waals surface area contributed by atoms with Gasteiger partial charge in [0.25, 0.3) is 0 Å². The number of benzene rings is 1. The maximum atomic E-state index is 12.4. The van der Waals surface area contributed by atoms with Crippen LogP contribution in [0.5, 0.6) is 5.75 Å². The molecule has 31 heavy (non-hydrogen) atoms. The molecule has 2 N–H and O–H groups in total. The molecule has 0 amide bonds. The van der Waals surface area contributed by atoms with Gasteiger partial charge in [-0.3, -0.25) is 4.57 Å². The van der Waals surface area contributed by atoms with Gasteiger partial charge in [0, 0.05) is 38.2 Å². The number of guanidine groups is 1. The van der Waals surface area contributed by atoms with Crippen LogP contribution in [-0.4, -0.2) is 39.5 Å². The average molecular weight is 429 g/mol. The summed E-state index contributed by atoms with van der Waals surface area (Å²) in [6.45, 7) is 11.6. The average Bonchev–Trinajstić information content (AvgIpc) is 3.06. The number of nitrogens with one attached hydrogen (secondary N) is 2. The Balaban J connectivity index is 1.56. The van der Waals surface area contributed by atoms with Crippen LogP contribution in [0.3, 0.4) is 0 Å². The minimum Gasteiger partial charge on any atom is -0.491 e. The minimum absolute atomic E-state index is 0.0207. The Morgan fingerprint density at radius 2 is 2.13 bits per heavy atom. The highest BCUT2D eigenvalue weighted by Gasteiger charge is 2.16. The lowest BCUT2D eigenvalue weighted by Gasteiger charge is -2.15. The van der Waals surface area contributed by atoms with Gasteiger partial charge in [-0.05, 0) is 58.6 Å². The summed E-state index contributed by atoms with van der Waals surface area (Å²) in [5, 5.41) is 11.1. The number of aryl methyl sites for hydroxylation is 3. The second kappa shape index (κ2) is 11.0. The molecular formula is C23H36N6O2. The van der Waals surface area contributed by atoms with Gasteiger partial charge in [0.2, 0.25) is 0 Å². The van der Waals surface area contributed by atoms with Crippen molar-refractivity contribution in [2.75, 3.05) is 13.1 Å². The molecule has 0 saturated heterocycles. The van der Waals surface area contributed by atoms with Crippen LogP contribution in [0.1, 0.15) is 57.0 Å². The molecule has 8 nitrogen and oxygen atoms in total. The predicted molar refractivity (Wildman–Crippen MR) is 124 cm³/mol. The summed E-state index contributed by atoms with van der Waals surface area (Å²) in [5.41, 5.74) is 2.25. The normalized spacial score (nSPS) is 13.9. The quantitative estimate of drug-likeness (QED) is 0.364. The molecule has 0 saturated carbocycles. The molecule has 1 aromatic carbocycles. The number of hydrogen-bond acceptors (Lipinski definition) is 4. The van der Waals surface area contributed by atoms with E-state index in [-0.39, 0.29) is 11.8 Å². The fourth-order valence-corrected chi connectivity index (χ4v) is 3.69. The van der Waals surface area contributed by atoms with Crippen molar-refractivity contribution in [2.45, 2.75) is 79.1 Å². The number of nitrogens with zero attached hydrogens (tertiary/aromatic N) is 4. The minimum atomic E-state index is 0.0207. The summed E-state index contributed by atoms with van der Waals surface area (Å²) in [6.07, 6.45) is 4.00.